The van der Waals surface area contributed by atoms with Crippen molar-refractivity contribution in [2.24, 2.45) is 23.7 Å². The number of fused-ring (bicyclic) bond motifs is 6. The summed E-state index contributed by atoms with van der Waals surface area (Å²) < 4.78 is 2.39. The molecule has 0 amide bonds. The van der Waals surface area contributed by atoms with Gasteiger partial charge in [-0.05, 0) is 161 Å². The maximum absolute atomic E-state index is 2.55. The van der Waals surface area contributed by atoms with E-state index in [1.54, 1.807) is 11.1 Å². The fraction of sp³-hybridized carbons (Fsp3) is 0.172. The molecule has 0 atom stereocenters. The van der Waals surface area contributed by atoms with Gasteiger partial charge in [0.25, 0.3) is 0 Å². The Hall–Kier alpha value is -6.64. The molecule has 288 valence electrons. The standard InChI is InChI=1S/C58H46N2/c1-2-10-40(11-3-1)41-18-24-46(25-19-41)59(49-30-31-55-53(37-49)50-12-4-7-15-54(50)58(55)44-33-38-32-39(35-44)36-45(58)34-38)47-26-20-42(21-27-47)43-22-28-48(29-23-43)60-56-16-8-5-13-51(56)52-14-6-9-17-57(52)60/h1-31,37-39,44-45H,32-36H2. The van der Waals surface area contributed by atoms with Crippen molar-refractivity contribution < 1.29 is 0 Å². The first-order chi connectivity index (χ1) is 29.7. The van der Waals surface area contributed by atoms with Crippen molar-refractivity contribution in [2.75, 3.05) is 4.90 Å². The van der Waals surface area contributed by atoms with Crippen LogP contribution in [0.4, 0.5) is 17.1 Å². The van der Waals surface area contributed by atoms with E-state index in [4.69, 9.17) is 0 Å². The van der Waals surface area contributed by atoms with Crippen molar-refractivity contribution in [2.45, 2.75) is 37.5 Å². The molecule has 4 saturated carbocycles. The van der Waals surface area contributed by atoms with Gasteiger partial charge < -0.3 is 9.47 Å². The Morgan fingerprint density at radius 3 is 1.45 bits per heavy atom. The van der Waals surface area contributed by atoms with E-state index in [0.717, 1.165) is 35.0 Å². The SMILES string of the molecule is c1ccc(-c2ccc(N(c3ccc(-c4ccc(-n5c6ccccc6c6ccccc65)cc4)cc3)c3ccc4c(c3)-c3ccccc3C43C4CC5CC(C4)CC3C5)cc2)cc1. The third-order valence-corrected chi connectivity index (χ3v) is 15.2. The number of para-hydroxylation sites is 2. The number of benzene rings is 8. The molecule has 1 aromatic heterocycles. The van der Waals surface area contributed by atoms with E-state index in [2.05, 4.69) is 204 Å². The van der Waals surface area contributed by atoms with Crippen LogP contribution >= 0.6 is 0 Å². The highest BCUT2D eigenvalue weighted by Gasteiger charge is 2.61. The highest BCUT2D eigenvalue weighted by atomic mass is 15.1. The van der Waals surface area contributed by atoms with Crippen molar-refractivity contribution in [1.29, 1.82) is 0 Å². The molecule has 1 spiro atoms. The van der Waals surface area contributed by atoms with Crippen LogP contribution in [0.1, 0.15) is 43.2 Å². The zero-order chi connectivity index (χ0) is 39.4. The van der Waals surface area contributed by atoms with Gasteiger partial charge >= 0.3 is 0 Å². The summed E-state index contributed by atoms with van der Waals surface area (Å²) in [5, 5.41) is 2.57. The second kappa shape index (κ2) is 13.2. The van der Waals surface area contributed by atoms with Crippen molar-refractivity contribution in [3.63, 3.8) is 0 Å². The molecule has 4 fully saturated rings. The summed E-state index contributed by atoms with van der Waals surface area (Å²) in [6.07, 6.45) is 7.08. The van der Waals surface area contributed by atoms with Crippen LogP contribution in [0.2, 0.25) is 0 Å². The number of hydrogen-bond donors (Lipinski definition) is 0. The van der Waals surface area contributed by atoms with Crippen LogP contribution in [0.5, 0.6) is 0 Å². The molecule has 0 radical (unpaired) electrons. The van der Waals surface area contributed by atoms with E-state index < -0.39 is 0 Å². The van der Waals surface area contributed by atoms with Gasteiger partial charge in [-0.25, -0.2) is 0 Å². The average Bonchev–Trinajstić information content (AvgIpc) is 3.80. The molecule has 0 unspecified atom stereocenters. The quantitative estimate of drug-likeness (QED) is 0.163. The lowest BCUT2D eigenvalue weighted by atomic mass is 9.43. The van der Waals surface area contributed by atoms with Crippen molar-refractivity contribution in [3.05, 3.63) is 205 Å². The van der Waals surface area contributed by atoms with Crippen LogP contribution in [0, 0.1) is 23.7 Å². The predicted octanol–water partition coefficient (Wildman–Crippen LogP) is 15.3. The number of rotatable bonds is 6. The maximum atomic E-state index is 2.55. The molecule has 2 nitrogen and oxygen atoms in total. The molecule has 0 aliphatic heterocycles. The Balaban J connectivity index is 0.894. The van der Waals surface area contributed by atoms with Crippen LogP contribution in [0.3, 0.4) is 0 Å². The first-order valence-corrected chi connectivity index (χ1v) is 22.1. The Bertz CT molecular complexity index is 3000. The lowest BCUT2D eigenvalue weighted by molar-refractivity contribution is -0.0399. The smallest absolute Gasteiger partial charge is 0.0541 e. The Kier molecular flexibility index (Phi) is 7.52. The third-order valence-electron chi connectivity index (χ3n) is 15.2. The van der Waals surface area contributed by atoms with Gasteiger partial charge in [-0.15, -0.1) is 0 Å². The van der Waals surface area contributed by atoms with E-state index in [0.29, 0.717) is 0 Å². The van der Waals surface area contributed by atoms with E-state index in [-0.39, 0.29) is 5.41 Å². The summed E-state index contributed by atoms with van der Waals surface area (Å²) >= 11 is 0. The highest BCUT2D eigenvalue weighted by molar-refractivity contribution is 6.09. The van der Waals surface area contributed by atoms with Crippen molar-refractivity contribution >= 4 is 38.9 Å². The van der Waals surface area contributed by atoms with E-state index in [9.17, 15) is 0 Å². The van der Waals surface area contributed by atoms with Crippen molar-refractivity contribution in [1.82, 2.24) is 4.57 Å². The molecule has 0 N–H and O–H groups in total. The van der Waals surface area contributed by atoms with Gasteiger partial charge in [0, 0.05) is 38.9 Å². The number of anilines is 3. The molecule has 0 saturated heterocycles. The van der Waals surface area contributed by atoms with Gasteiger partial charge in [-0.1, -0.05) is 133 Å². The second-order valence-electron chi connectivity index (χ2n) is 18.2. The Labute approximate surface area is 352 Å². The van der Waals surface area contributed by atoms with Crippen LogP contribution < -0.4 is 4.90 Å². The first-order valence-electron chi connectivity index (χ1n) is 22.1. The largest absolute Gasteiger partial charge is 0.310 e. The summed E-state index contributed by atoms with van der Waals surface area (Å²) in [6.45, 7) is 0. The minimum Gasteiger partial charge on any atom is -0.310 e. The third kappa shape index (κ3) is 5.00. The number of nitrogens with zero attached hydrogens (tertiary/aromatic N) is 2. The summed E-state index contributed by atoms with van der Waals surface area (Å²) in [5.41, 5.74) is 18.3. The van der Waals surface area contributed by atoms with Gasteiger partial charge in [0.15, 0.2) is 0 Å². The fourth-order valence-electron chi connectivity index (χ4n) is 13.0. The van der Waals surface area contributed by atoms with Gasteiger partial charge in [-0.3, -0.25) is 0 Å². The molecule has 5 aliphatic carbocycles. The van der Waals surface area contributed by atoms with Gasteiger partial charge in [0.1, 0.15) is 0 Å². The molecule has 60 heavy (non-hydrogen) atoms. The van der Waals surface area contributed by atoms with Crippen LogP contribution in [0.25, 0.3) is 60.9 Å². The number of hydrogen-bond acceptors (Lipinski definition) is 1. The minimum atomic E-state index is 0.165. The van der Waals surface area contributed by atoms with E-state index in [1.165, 1.54) is 98.7 Å². The van der Waals surface area contributed by atoms with Gasteiger partial charge in [0.05, 0.1) is 11.0 Å². The molecule has 4 bridgehead atoms. The first kappa shape index (κ1) is 34.2. The van der Waals surface area contributed by atoms with Gasteiger partial charge in [-0.2, -0.15) is 0 Å². The summed E-state index contributed by atoms with van der Waals surface area (Å²) in [4.78, 5) is 2.47. The summed E-state index contributed by atoms with van der Waals surface area (Å²) in [7, 11) is 0. The Morgan fingerprint density at radius 2 is 0.850 bits per heavy atom. The summed E-state index contributed by atoms with van der Waals surface area (Å²) in [5.74, 6) is 3.38. The normalized spacial score (nSPS) is 22.1. The molecule has 5 aliphatic rings. The van der Waals surface area contributed by atoms with Gasteiger partial charge in [0.2, 0.25) is 0 Å². The zero-order valence-corrected chi connectivity index (χ0v) is 33.7. The van der Waals surface area contributed by atoms with E-state index in [1.807, 2.05) is 0 Å². The molecule has 9 aromatic rings. The van der Waals surface area contributed by atoms with Crippen LogP contribution in [0.15, 0.2) is 194 Å². The predicted molar refractivity (Wildman–Crippen MR) is 250 cm³/mol. The molecular formula is C58H46N2. The molecule has 2 heteroatoms. The topological polar surface area (TPSA) is 8.17 Å². The van der Waals surface area contributed by atoms with Crippen LogP contribution in [-0.4, -0.2) is 4.57 Å². The fourth-order valence-corrected chi connectivity index (χ4v) is 13.0. The van der Waals surface area contributed by atoms with E-state index >= 15 is 0 Å². The monoisotopic (exact) mass is 770 g/mol. The summed E-state index contributed by atoms with van der Waals surface area (Å²) in [6, 6.07) is 72.6. The zero-order valence-electron chi connectivity index (χ0n) is 33.7. The second-order valence-corrected chi connectivity index (χ2v) is 18.2. The molecule has 8 aromatic carbocycles. The molecule has 14 rings (SSSR count). The van der Waals surface area contributed by atoms with Crippen LogP contribution in [-0.2, 0) is 5.41 Å². The van der Waals surface area contributed by atoms with Crippen molar-refractivity contribution in [3.8, 4) is 39.1 Å². The molecular weight excluding hydrogens is 725 g/mol. The Morgan fingerprint density at radius 1 is 0.383 bits per heavy atom. The highest BCUT2D eigenvalue weighted by Crippen LogP contribution is 2.69. The maximum Gasteiger partial charge on any atom is 0.0541 e. The lowest BCUT2D eigenvalue weighted by Gasteiger charge is -2.61. The molecule has 1 heterocycles. The minimum absolute atomic E-state index is 0.165. The number of aromatic nitrogens is 1. The lowest BCUT2D eigenvalue weighted by Crippen LogP contribution is -2.55. The average molecular weight is 771 g/mol.